The van der Waals surface area contributed by atoms with Crippen LogP contribution in [-0.4, -0.2) is 19.0 Å². The average molecular weight is 275 g/mol. The van der Waals surface area contributed by atoms with Crippen LogP contribution in [0.1, 0.15) is 25.3 Å². The Morgan fingerprint density at radius 1 is 1.33 bits per heavy atom. The first kappa shape index (κ1) is 16.9. The number of amides is 1. The molecule has 0 radical (unpaired) electrons. The van der Waals surface area contributed by atoms with Crippen molar-refractivity contribution in [3.8, 4) is 0 Å². The number of nitrogens with two attached hydrogens (primary N) is 1. The van der Waals surface area contributed by atoms with Crippen molar-refractivity contribution < 1.29 is 9.18 Å². The number of benzene rings is 1. The van der Waals surface area contributed by atoms with E-state index < -0.39 is 0 Å². The van der Waals surface area contributed by atoms with E-state index in [0.717, 1.165) is 5.56 Å². The summed E-state index contributed by atoms with van der Waals surface area (Å²) in [7, 11) is 0. The molecule has 0 saturated carbocycles. The summed E-state index contributed by atoms with van der Waals surface area (Å²) in [5, 5.41) is 2.83. The Morgan fingerprint density at radius 3 is 2.39 bits per heavy atom. The van der Waals surface area contributed by atoms with Gasteiger partial charge in [0.2, 0.25) is 5.91 Å². The largest absolute Gasteiger partial charge is 0.355 e. The first-order valence-electron chi connectivity index (χ1n) is 5.77. The number of hydrogen-bond acceptors (Lipinski definition) is 2. The van der Waals surface area contributed by atoms with Crippen LogP contribution in [0, 0.1) is 11.7 Å². The normalized spacial score (nSPS) is 13.3. The highest BCUT2D eigenvalue weighted by atomic mass is 35.5. The van der Waals surface area contributed by atoms with Crippen molar-refractivity contribution in [3.05, 3.63) is 35.6 Å². The molecule has 1 amide bonds. The van der Waals surface area contributed by atoms with Crippen LogP contribution in [-0.2, 0) is 4.79 Å². The minimum absolute atomic E-state index is 0. The first-order valence-corrected chi connectivity index (χ1v) is 5.77. The molecular weight excluding hydrogens is 255 g/mol. The summed E-state index contributed by atoms with van der Waals surface area (Å²) >= 11 is 0. The number of carbonyl (C=O) groups excluding carboxylic acids is 1. The monoisotopic (exact) mass is 274 g/mol. The molecule has 0 heterocycles. The van der Waals surface area contributed by atoms with Gasteiger partial charge in [0.05, 0.1) is 0 Å². The third kappa shape index (κ3) is 5.02. The highest BCUT2D eigenvalue weighted by Gasteiger charge is 2.12. The van der Waals surface area contributed by atoms with E-state index in [1.165, 1.54) is 12.1 Å². The molecule has 3 N–H and O–H groups in total. The molecule has 0 aromatic heterocycles. The summed E-state index contributed by atoms with van der Waals surface area (Å²) in [5.74, 6) is -0.303. The van der Waals surface area contributed by atoms with Crippen molar-refractivity contribution in [1.29, 1.82) is 0 Å². The number of hydrogen-bond donors (Lipinski definition) is 2. The molecular formula is C13H20ClFN2O. The van der Waals surface area contributed by atoms with Gasteiger partial charge in [0.15, 0.2) is 0 Å². The summed E-state index contributed by atoms with van der Waals surface area (Å²) in [4.78, 5) is 11.5. The van der Waals surface area contributed by atoms with E-state index in [1.807, 2.05) is 6.92 Å². The summed E-state index contributed by atoms with van der Waals surface area (Å²) in [6.07, 6.45) is 0. The van der Waals surface area contributed by atoms with Crippen LogP contribution < -0.4 is 11.1 Å². The third-order valence-electron chi connectivity index (χ3n) is 2.82. The molecule has 0 spiro atoms. The van der Waals surface area contributed by atoms with E-state index >= 15 is 0 Å². The molecule has 0 aliphatic rings. The van der Waals surface area contributed by atoms with Gasteiger partial charge in [0, 0.05) is 19.0 Å². The number of carbonyl (C=O) groups is 1. The minimum atomic E-state index is -0.248. The molecule has 18 heavy (non-hydrogen) atoms. The van der Waals surface area contributed by atoms with Gasteiger partial charge in [0.25, 0.3) is 0 Å². The van der Waals surface area contributed by atoms with Gasteiger partial charge < -0.3 is 11.1 Å². The Balaban J connectivity index is 0.00000289. The third-order valence-corrected chi connectivity index (χ3v) is 2.82. The lowest BCUT2D eigenvalue weighted by atomic mass is 10.0. The van der Waals surface area contributed by atoms with E-state index in [0.29, 0.717) is 13.1 Å². The van der Waals surface area contributed by atoms with Crippen LogP contribution in [0.25, 0.3) is 0 Å². The molecule has 1 aromatic rings. The van der Waals surface area contributed by atoms with Gasteiger partial charge in [-0.25, -0.2) is 4.39 Å². The molecule has 1 rings (SSSR count). The van der Waals surface area contributed by atoms with Crippen molar-refractivity contribution in [3.63, 3.8) is 0 Å². The predicted molar refractivity (Wildman–Crippen MR) is 73.3 cm³/mol. The zero-order chi connectivity index (χ0) is 12.8. The molecule has 0 aliphatic carbocycles. The van der Waals surface area contributed by atoms with Gasteiger partial charge in [-0.15, -0.1) is 12.4 Å². The SMILES string of the molecule is CC(CN)C(=O)NCC(C)c1ccc(F)cc1.Cl. The molecule has 0 bridgehead atoms. The molecule has 1 aromatic carbocycles. The van der Waals surface area contributed by atoms with Crippen LogP contribution in [0.4, 0.5) is 4.39 Å². The maximum Gasteiger partial charge on any atom is 0.224 e. The fraction of sp³-hybridized carbons (Fsp3) is 0.462. The van der Waals surface area contributed by atoms with Crippen molar-refractivity contribution in [1.82, 2.24) is 5.32 Å². The molecule has 0 saturated heterocycles. The minimum Gasteiger partial charge on any atom is -0.355 e. The molecule has 5 heteroatoms. The molecule has 2 atom stereocenters. The molecule has 0 fully saturated rings. The maximum atomic E-state index is 12.7. The number of halogens is 2. The second-order valence-corrected chi connectivity index (χ2v) is 4.33. The Hall–Kier alpha value is -1.13. The number of rotatable bonds is 5. The second kappa shape index (κ2) is 8.06. The average Bonchev–Trinajstić information content (AvgIpc) is 2.35. The van der Waals surface area contributed by atoms with E-state index in [2.05, 4.69) is 5.32 Å². The summed E-state index contributed by atoms with van der Waals surface area (Å²) in [6.45, 7) is 4.66. The highest BCUT2D eigenvalue weighted by Crippen LogP contribution is 2.14. The van der Waals surface area contributed by atoms with Gasteiger partial charge in [-0.1, -0.05) is 26.0 Å². The summed E-state index contributed by atoms with van der Waals surface area (Å²) < 4.78 is 12.7. The van der Waals surface area contributed by atoms with Crippen LogP contribution >= 0.6 is 12.4 Å². The topological polar surface area (TPSA) is 55.1 Å². The summed E-state index contributed by atoms with van der Waals surface area (Å²) in [6, 6.07) is 6.32. The molecule has 0 aliphatic heterocycles. The standard InChI is InChI=1S/C13H19FN2O.ClH/c1-9(7-15)13(17)16-8-10(2)11-3-5-12(14)6-4-11;/h3-6,9-10H,7-8,15H2,1-2H3,(H,16,17);1H. The van der Waals surface area contributed by atoms with Crippen LogP contribution in [0.15, 0.2) is 24.3 Å². The van der Waals surface area contributed by atoms with Crippen LogP contribution in [0.2, 0.25) is 0 Å². The Morgan fingerprint density at radius 2 is 1.89 bits per heavy atom. The molecule has 2 unspecified atom stereocenters. The fourth-order valence-corrected chi connectivity index (χ4v) is 1.44. The summed E-state index contributed by atoms with van der Waals surface area (Å²) in [5.41, 5.74) is 6.41. The van der Waals surface area contributed by atoms with Crippen molar-refractivity contribution in [2.75, 3.05) is 13.1 Å². The zero-order valence-electron chi connectivity index (χ0n) is 10.7. The van der Waals surface area contributed by atoms with Crippen LogP contribution in [0.3, 0.4) is 0 Å². The van der Waals surface area contributed by atoms with Gasteiger partial charge in [-0.2, -0.15) is 0 Å². The second-order valence-electron chi connectivity index (χ2n) is 4.33. The van der Waals surface area contributed by atoms with Gasteiger partial charge in [-0.05, 0) is 23.6 Å². The Bertz CT molecular complexity index is 370. The van der Waals surface area contributed by atoms with E-state index in [4.69, 9.17) is 5.73 Å². The Labute approximate surface area is 113 Å². The van der Waals surface area contributed by atoms with Gasteiger partial charge in [0.1, 0.15) is 5.82 Å². The van der Waals surface area contributed by atoms with Crippen molar-refractivity contribution in [2.24, 2.45) is 11.7 Å². The van der Waals surface area contributed by atoms with Crippen LogP contribution in [0.5, 0.6) is 0 Å². The van der Waals surface area contributed by atoms with E-state index in [-0.39, 0.29) is 36.0 Å². The van der Waals surface area contributed by atoms with E-state index in [1.54, 1.807) is 19.1 Å². The molecule has 102 valence electrons. The maximum absolute atomic E-state index is 12.7. The fourth-order valence-electron chi connectivity index (χ4n) is 1.44. The van der Waals surface area contributed by atoms with Gasteiger partial charge >= 0.3 is 0 Å². The van der Waals surface area contributed by atoms with Gasteiger partial charge in [-0.3, -0.25) is 4.79 Å². The first-order chi connectivity index (χ1) is 8.04. The van der Waals surface area contributed by atoms with Crippen molar-refractivity contribution >= 4 is 18.3 Å². The predicted octanol–water partition coefficient (Wildman–Crippen LogP) is 2.06. The lowest BCUT2D eigenvalue weighted by Gasteiger charge is -2.15. The molecule has 3 nitrogen and oxygen atoms in total. The number of nitrogens with one attached hydrogen (secondary N) is 1. The lowest BCUT2D eigenvalue weighted by molar-refractivity contribution is -0.124. The quantitative estimate of drug-likeness (QED) is 0.864. The Kier molecular flexibility index (Phi) is 7.55. The smallest absolute Gasteiger partial charge is 0.224 e. The highest BCUT2D eigenvalue weighted by molar-refractivity contribution is 5.85. The van der Waals surface area contributed by atoms with E-state index in [9.17, 15) is 9.18 Å². The lowest BCUT2D eigenvalue weighted by Crippen LogP contribution is -2.35. The zero-order valence-corrected chi connectivity index (χ0v) is 11.5. The van der Waals surface area contributed by atoms with Crippen molar-refractivity contribution in [2.45, 2.75) is 19.8 Å².